The third-order valence-corrected chi connectivity index (χ3v) is 3.86. The van der Waals surface area contributed by atoms with Crippen LogP contribution in [0.15, 0.2) is 18.2 Å². The predicted octanol–water partition coefficient (Wildman–Crippen LogP) is 2.79. The Morgan fingerprint density at radius 2 is 2.26 bits per heavy atom. The maximum Gasteiger partial charge on any atom is 0.230 e. The first-order chi connectivity index (χ1) is 9.10. The molecule has 2 N–H and O–H groups in total. The first kappa shape index (κ1) is 14.0. The van der Waals surface area contributed by atoms with Gasteiger partial charge in [0.2, 0.25) is 5.91 Å². The van der Waals surface area contributed by atoms with E-state index in [4.69, 9.17) is 0 Å². The Hall–Kier alpha value is -1.46. The Morgan fingerprint density at radius 1 is 1.47 bits per heavy atom. The molecule has 2 rings (SSSR count). The molecule has 19 heavy (non-hydrogen) atoms. The van der Waals surface area contributed by atoms with Crippen LogP contribution in [0.1, 0.15) is 19.4 Å². The minimum absolute atomic E-state index is 0.0109. The number of benzene rings is 1. The molecule has 0 radical (unpaired) electrons. The Bertz CT molecular complexity index is 579. The number of nitrogens with zero attached hydrogens (tertiary/aromatic N) is 1. The number of fused-ring (bicyclic) bond motifs is 1. The molecule has 1 aromatic carbocycles. The fourth-order valence-corrected chi connectivity index (χ4v) is 2.73. The van der Waals surface area contributed by atoms with E-state index in [1.807, 2.05) is 26.0 Å². The largest absolute Gasteiger partial charge is 0.316 e. The highest BCUT2D eigenvalue weighted by molar-refractivity contribution is 7.22. The van der Waals surface area contributed by atoms with Gasteiger partial charge in [0.1, 0.15) is 0 Å². The molecule has 0 aliphatic heterocycles. The molecule has 1 heterocycles. The predicted molar refractivity (Wildman–Crippen MR) is 80.7 cm³/mol. The van der Waals surface area contributed by atoms with Crippen molar-refractivity contribution in [2.75, 3.05) is 18.4 Å². The number of anilines is 1. The summed E-state index contributed by atoms with van der Waals surface area (Å²) in [6, 6.07) is 6.10. The molecule has 0 aliphatic rings. The molecule has 0 saturated carbocycles. The van der Waals surface area contributed by atoms with E-state index >= 15 is 0 Å². The van der Waals surface area contributed by atoms with Crippen LogP contribution in [-0.2, 0) is 4.79 Å². The summed E-state index contributed by atoms with van der Waals surface area (Å²) in [5.74, 6) is -0.0505. The van der Waals surface area contributed by atoms with E-state index in [0.717, 1.165) is 16.8 Å². The van der Waals surface area contributed by atoms with Crippen molar-refractivity contribution in [3.05, 3.63) is 23.8 Å². The lowest BCUT2D eigenvalue weighted by atomic mass is 10.1. The van der Waals surface area contributed by atoms with Crippen LogP contribution in [0.5, 0.6) is 0 Å². The van der Waals surface area contributed by atoms with Crippen LogP contribution in [-0.4, -0.2) is 24.0 Å². The van der Waals surface area contributed by atoms with Gasteiger partial charge >= 0.3 is 0 Å². The number of aromatic nitrogens is 1. The van der Waals surface area contributed by atoms with Gasteiger partial charge in [0, 0.05) is 12.5 Å². The monoisotopic (exact) mass is 277 g/mol. The third kappa shape index (κ3) is 3.52. The zero-order valence-electron chi connectivity index (χ0n) is 11.5. The highest BCUT2D eigenvalue weighted by Crippen LogP contribution is 2.26. The summed E-state index contributed by atoms with van der Waals surface area (Å²) in [5.41, 5.74) is 2.14. The number of rotatable bonds is 5. The minimum Gasteiger partial charge on any atom is -0.316 e. The number of hydrogen-bond donors (Lipinski definition) is 2. The first-order valence-electron chi connectivity index (χ1n) is 6.49. The number of hydrogen-bond acceptors (Lipinski definition) is 4. The number of carbonyl (C=O) groups is 1. The van der Waals surface area contributed by atoms with Crippen molar-refractivity contribution >= 4 is 32.6 Å². The van der Waals surface area contributed by atoms with Crippen LogP contribution < -0.4 is 10.6 Å². The van der Waals surface area contributed by atoms with Crippen molar-refractivity contribution < 1.29 is 4.79 Å². The number of thiazole rings is 1. The van der Waals surface area contributed by atoms with Gasteiger partial charge in [-0.25, -0.2) is 4.98 Å². The molecule has 0 saturated heterocycles. The van der Waals surface area contributed by atoms with Crippen LogP contribution >= 0.6 is 11.3 Å². The van der Waals surface area contributed by atoms with Crippen molar-refractivity contribution in [2.24, 2.45) is 5.92 Å². The Labute approximate surface area is 117 Å². The number of amides is 1. The number of aryl methyl sites for hydroxylation is 1. The topological polar surface area (TPSA) is 54.0 Å². The number of nitrogens with one attached hydrogen (secondary N) is 2. The fraction of sp³-hybridized carbons (Fsp3) is 0.429. The summed E-state index contributed by atoms with van der Waals surface area (Å²) >= 11 is 1.52. The summed E-state index contributed by atoms with van der Waals surface area (Å²) in [4.78, 5) is 16.4. The fourth-order valence-electron chi connectivity index (χ4n) is 1.77. The molecule has 0 spiro atoms. The molecule has 4 nitrogen and oxygen atoms in total. The Morgan fingerprint density at radius 3 is 3.00 bits per heavy atom. The maximum atomic E-state index is 12.0. The molecule has 1 amide bonds. The third-order valence-electron chi connectivity index (χ3n) is 2.92. The Balaban J connectivity index is 2.06. The molecule has 1 unspecified atom stereocenters. The van der Waals surface area contributed by atoms with Crippen molar-refractivity contribution in [1.29, 1.82) is 0 Å². The van der Waals surface area contributed by atoms with Gasteiger partial charge in [-0.2, -0.15) is 0 Å². The number of carbonyl (C=O) groups excluding carboxylic acids is 1. The van der Waals surface area contributed by atoms with Gasteiger partial charge in [-0.3, -0.25) is 4.79 Å². The normalized spacial score (nSPS) is 12.6. The van der Waals surface area contributed by atoms with Crippen LogP contribution in [0.4, 0.5) is 5.13 Å². The first-order valence-corrected chi connectivity index (χ1v) is 7.30. The summed E-state index contributed by atoms with van der Waals surface area (Å²) < 4.78 is 1.11. The van der Waals surface area contributed by atoms with E-state index in [1.54, 1.807) is 0 Å². The quantitative estimate of drug-likeness (QED) is 0.883. The van der Waals surface area contributed by atoms with E-state index < -0.39 is 0 Å². The molecule has 1 aromatic heterocycles. The van der Waals surface area contributed by atoms with E-state index in [1.165, 1.54) is 16.9 Å². The van der Waals surface area contributed by atoms with Crippen molar-refractivity contribution in [3.8, 4) is 0 Å². The molecule has 2 aromatic rings. The summed E-state index contributed by atoms with van der Waals surface area (Å²) in [5, 5.41) is 6.73. The molecular weight excluding hydrogens is 258 g/mol. The molecule has 102 valence electrons. The van der Waals surface area contributed by atoms with Gasteiger partial charge in [-0.05, 0) is 31.2 Å². The molecule has 1 atom stereocenters. The smallest absolute Gasteiger partial charge is 0.230 e. The highest BCUT2D eigenvalue weighted by Gasteiger charge is 2.14. The van der Waals surface area contributed by atoms with Gasteiger partial charge < -0.3 is 10.6 Å². The van der Waals surface area contributed by atoms with Crippen LogP contribution in [0, 0.1) is 12.8 Å². The van der Waals surface area contributed by atoms with E-state index in [-0.39, 0.29) is 11.8 Å². The minimum atomic E-state index is -0.0614. The molecule has 0 fully saturated rings. The van der Waals surface area contributed by atoms with Gasteiger partial charge in [0.05, 0.1) is 10.2 Å². The molecule has 0 aliphatic carbocycles. The lowest BCUT2D eigenvalue weighted by Gasteiger charge is -2.10. The lowest BCUT2D eigenvalue weighted by Crippen LogP contribution is -2.30. The summed E-state index contributed by atoms with van der Waals surface area (Å²) in [6.07, 6.45) is 0. The average Bonchev–Trinajstić information content (AvgIpc) is 2.77. The van der Waals surface area contributed by atoms with Gasteiger partial charge in [-0.1, -0.05) is 31.3 Å². The summed E-state index contributed by atoms with van der Waals surface area (Å²) in [7, 11) is 0. The SMILES string of the molecule is CCNCC(C)C(=O)Nc1nc2ccc(C)cc2s1. The second-order valence-electron chi connectivity index (χ2n) is 4.69. The van der Waals surface area contributed by atoms with Crippen LogP contribution in [0.2, 0.25) is 0 Å². The van der Waals surface area contributed by atoms with E-state index in [2.05, 4.69) is 28.6 Å². The van der Waals surface area contributed by atoms with Crippen molar-refractivity contribution in [3.63, 3.8) is 0 Å². The molecular formula is C14H19N3OS. The van der Waals surface area contributed by atoms with Gasteiger partial charge in [-0.15, -0.1) is 0 Å². The standard InChI is InChI=1S/C14H19N3OS/c1-4-15-8-10(3)13(18)17-14-16-11-6-5-9(2)7-12(11)19-14/h5-7,10,15H,4,8H2,1-3H3,(H,16,17,18). The lowest BCUT2D eigenvalue weighted by molar-refractivity contribution is -0.119. The molecule has 0 bridgehead atoms. The highest BCUT2D eigenvalue weighted by atomic mass is 32.1. The maximum absolute atomic E-state index is 12.0. The second kappa shape index (κ2) is 6.12. The van der Waals surface area contributed by atoms with Crippen LogP contribution in [0.25, 0.3) is 10.2 Å². The second-order valence-corrected chi connectivity index (χ2v) is 5.72. The van der Waals surface area contributed by atoms with Crippen molar-refractivity contribution in [2.45, 2.75) is 20.8 Å². The van der Waals surface area contributed by atoms with E-state index in [9.17, 15) is 4.79 Å². The van der Waals surface area contributed by atoms with E-state index in [0.29, 0.717) is 11.7 Å². The zero-order valence-corrected chi connectivity index (χ0v) is 12.3. The van der Waals surface area contributed by atoms with Gasteiger partial charge in [0.15, 0.2) is 5.13 Å². The Kier molecular flexibility index (Phi) is 4.50. The molecule has 5 heteroatoms. The van der Waals surface area contributed by atoms with Gasteiger partial charge in [0.25, 0.3) is 0 Å². The summed E-state index contributed by atoms with van der Waals surface area (Å²) in [6.45, 7) is 7.55. The van der Waals surface area contributed by atoms with Crippen molar-refractivity contribution in [1.82, 2.24) is 10.3 Å². The average molecular weight is 277 g/mol. The van der Waals surface area contributed by atoms with Crippen LogP contribution in [0.3, 0.4) is 0 Å². The zero-order chi connectivity index (χ0) is 13.8.